The highest BCUT2D eigenvalue weighted by Gasteiger charge is 2.15. The van der Waals surface area contributed by atoms with Gasteiger partial charge in [0, 0.05) is 11.6 Å². The fourth-order valence-corrected chi connectivity index (χ4v) is 2.02. The van der Waals surface area contributed by atoms with Crippen LogP contribution in [-0.2, 0) is 4.79 Å². The quantitative estimate of drug-likeness (QED) is 0.852. The van der Waals surface area contributed by atoms with E-state index in [0.29, 0.717) is 17.9 Å². The number of nitriles is 1. The number of amides is 1. The topological polar surface area (TPSA) is 75.3 Å². The summed E-state index contributed by atoms with van der Waals surface area (Å²) >= 11 is 0. The van der Waals surface area contributed by atoms with Gasteiger partial charge in [0.25, 0.3) is 5.91 Å². The summed E-state index contributed by atoms with van der Waals surface area (Å²) < 4.78 is 10.8. The van der Waals surface area contributed by atoms with Gasteiger partial charge in [-0.1, -0.05) is 12.1 Å². The minimum Gasteiger partial charge on any atom is -0.494 e. The summed E-state index contributed by atoms with van der Waals surface area (Å²) in [4.78, 5) is 12.0. The van der Waals surface area contributed by atoms with Gasteiger partial charge in [-0.05, 0) is 44.5 Å². The standard InChI is InChI=1S/C18H18N2O3/c1-4-22-15-8-5-14(6-9-15)7-10-17(21)20-18-16(11-19)12(2)13(3)23-18/h5-10H,4H2,1-3H3,(H,20,21)/b10-7+. The molecule has 0 atom stereocenters. The Morgan fingerprint density at radius 1 is 1.35 bits per heavy atom. The molecule has 0 aliphatic heterocycles. The van der Waals surface area contributed by atoms with E-state index in [1.807, 2.05) is 37.3 Å². The second-order valence-electron chi connectivity index (χ2n) is 4.92. The van der Waals surface area contributed by atoms with Gasteiger partial charge in [-0.15, -0.1) is 0 Å². The van der Waals surface area contributed by atoms with Crippen LogP contribution < -0.4 is 10.1 Å². The number of hydrogen-bond donors (Lipinski definition) is 1. The van der Waals surface area contributed by atoms with E-state index in [1.54, 1.807) is 19.9 Å². The Morgan fingerprint density at radius 2 is 2.04 bits per heavy atom. The van der Waals surface area contributed by atoms with Crippen molar-refractivity contribution in [2.45, 2.75) is 20.8 Å². The average Bonchev–Trinajstić information content (AvgIpc) is 2.80. The molecular formula is C18H18N2O3. The molecule has 0 saturated carbocycles. The number of nitrogens with zero attached hydrogens (tertiary/aromatic N) is 1. The zero-order valence-corrected chi connectivity index (χ0v) is 13.3. The fourth-order valence-electron chi connectivity index (χ4n) is 2.02. The van der Waals surface area contributed by atoms with Gasteiger partial charge in [0.05, 0.1) is 6.61 Å². The molecule has 0 fully saturated rings. The van der Waals surface area contributed by atoms with Crippen LogP contribution in [0, 0.1) is 25.2 Å². The first-order chi connectivity index (χ1) is 11.0. The number of rotatable bonds is 5. The third kappa shape index (κ3) is 4.01. The van der Waals surface area contributed by atoms with E-state index < -0.39 is 0 Å². The van der Waals surface area contributed by atoms with Crippen molar-refractivity contribution in [1.82, 2.24) is 0 Å². The normalized spacial score (nSPS) is 10.5. The molecule has 5 nitrogen and oxygen atoms in total. The lowest BCUT2D eigenvalue weighted by Gasteiger charge is -2.02. The van der Waals surface area contributed by atoms with E-state index in [-0.39, 0.29) is 11.8 Å². The Bertz CT molecular complexity index is 765. The Balaban J connectivity index is 2.05. The van der Waals surface area contributed by atoms with E-state index in [4.69, 9.17) is 14.4 Å². The number of nitrogens with one attached hydrogen (secondary N) is 1. The van der Waals surface area contributed by atoms with E-state index in [0.717, 1.165) is 16.9 Å². The molecule has 23 heavy (non-hydrogen) atoms. The van der Waals surface area contributed by atoms with Gasteiger partial charge < -0.3 is 9.15 Å². The highest BCUT2D eigenvalue weighted by molar-refractivity contribution is 6.01. The lowest BCUT2D eigenvalue weighted by atomic mass is 10.2. The van der Waals surface area contributed by atoms with E-state index in [1.165, 1.54) is 6.08 Å². The molecule has 0 saturated heterocycles. The van der Waals surface area contributed by atoms with Crippen LogP contribution >= 0.6 is 0 Å². The van der Waals surface area contributed by atoms with Gasteiger partial charge in [0.1, 0.15) is 23.1 Å². The SMILES string of the molecule is CCOc1ccc(/C=C/C(=O)Nc2oc(C)c(C)c2C#N)cc1. The van der Waals surface area contributed by atoms with Gasteiger partial charge in [0.2, 0.25) is 5.88 Å². The number of ether oxygens (including phenoxy) is 1. The van der Waals surface area contributed by atoms with Crippen molar-refractivity contribution < 1.29 is 13.9 Å². The molecule has 0 aliphatic carbocycles. The van der Waals surface area contributed by atoms with Crippen molar-refractivity contribution in [3.05, 3.63) is 52.8 Å². The van der Waals surface area contributed by atoms with Crippen LogP contribution in [0.2, 0.25) is 0 Å². The molecule has 2 rings (SSSR count). The zero-order chi connectivity index (χ0) is 16.8. The van der Waals surface area contributed by atoms with Gasteiger partial charge in [-0.25, -0.2) is 0 Å². The molecule has 0 aliphatic rings. The summed E-state index contributed by atoms with van der Waals surface area (Å²) in [5.74, 6) is 1.23. The van der Waals surface area contributed by atoms with Gasteiger partial charge >= 0.3 is 0 Å². The van der Waals surface area contributed by atoms with Crippen molar-refractivity contribution in [3.63, 3.8) is 0 Å². The summed E-state index contributed by atoms with van der Waals surface area (Å²) in [5, 5.41) is 11.7. The summed E-state index contributed by atoms with van der Waals surface area (Å²) in [7, 11) is 0. The first kappa shape index (κ1) is 16.4. The molecule has 0 unspecified atom stereocenters. The van der Waals surface area contributed by atoms with Gasteiger partial charge in [0.15, 0.2) is 0 Å². The number of anilines is 1. The van der Waals surface area contributed by atoms with Crippen LogP contribution in [0.4, 0.5) is 5.88 Å². The van der Waals surface area contributed by atoms with Crippen molar-refractivity contribution in [1.29, 1.82) is 5.26 Å². The van der Waals surface area contributed by atoms with Gasteiger partial charge in [-0.2, -0.15) is 5.26 Å². The number of benzene rings is 1. The monoisotopic (exact) mass is 310 g/mol. The fraction of sp³-hybridized carbons (Fsp3) is 0.222. The smallest absolute Gasteiger partial charge is 0.250 e. The summed E-state index contributed by atoms with van der Waals surface area (Å²) in [6.07, 6.45) is 3.07. The molecule has 2 aromatic rings. The molecule has 118 valence electrons. The Morgan fingerprint density at radius 3 is 2.65 bits per heavy atom. The zero-order valence-electron chi connectivity index (χ0n) is 13.3. The second kappa shape index (κ2) is 7.32. The van der Waals surface area contributed by atoms with Crippen LogP contribution in [0.15, 0.2) is 34.8 Å². The second-order valence-corrected chi connectivity index (χ2v) is 4.92. The molecule has 0 bridgehead atoms. The number of carbonyl (C=O) groups excluding carboxylic acids is 1. The lowest BCUT2D eigenvalue weighted by molar-refractivity contribution is -0.111. The Kier molecular flexibility index (Phi) is 5.21. The maximum atomic E-state index is 12.0. The minimum absolute atomic E-state index is 0.184. The average molecular weight is 310 g/mol. The predicted molar refractivity (Wildman–Crippen MR) is 88.2 cm³/mol. The van der Waals surface area contributed by atoms with E-state index >= 15 is 0 Å². The first-order valence-electron chi connectivity index (χ1n) is 7.27. The van der Waals surface area contributed by atoms with Crippen molar-refractivity contribution in [2.24, 2.45) is 0 Å². The van der Waals surface area contributed by atoms with Crippen LogP contribution in [0.3, 0.4) is 0 Å². The number of carbonyl (C=O) groups is 1. The van der Waals surface area contributed by atoms with Crippen molar-refractivity contribution >= 4 is 17.9 Å². The maximum absolute atomic E-state index is 12.0. The van der Waals surface area contributed by atoms with E-state index in [9.17, 15) is 4.79 Å². The first-order valence-corrected chi connectivity index (χ1v) is 7.27. The minimum atomic E-state index is -0.357. The Labute approximate surface area is 135 Å². The third-order valence-electron chi connectivity index (χ3n) is 3.35. The molecule has 1 amide bonds. The summed E-state index contributed by atoms with van der Waals surface area (Å²) in [5.41, 5.74) is 1.96. The molecule has 5 heteroatoms. The summed E-state index contributed by atoms with van der Waals surface area (Å²) in [6, 6.07) is 9.43. The molecule has 0 radical (unpaired) electrons. The van der Waals surface area contributed by atoms with Crippen LogP contribution in [0.25, 0.3) is 6.08 Å². The van der Waals surface area contributed by atoms with Crippen molar-refractivity contribution in [2.75, 3.05) is 11.9 Å². The predicted octanol–water partition coefficient (Wildman–Crippen LogP) is 3.82. The van der Waals surface area contributed by atoms with Gasteiger partial charge in [-0.3, -0.25) is 10.1 Å². The number of hydrogen-bond acceptors (Lipinski definition) is 4. The highest BCUT2D eigenvalue weighted by Crippen LogP contribution is 2.25. The van der Waals surface area contributed by atoms with Crippen molar-refractivity contribution in [3.8, 4) is 11.8 Å². The van der Waals surface area contributed by atoms with Crippen LogP contribution in [-0.4, -0.2) is 12.5 Å². The Hall–Kier alpha value is -3.00. The largest absolute Gasteiger partial charge is 0.494 e. The summed E-state index contributed by atoms with van der Waals surface area (Å²) in [6.45, 7) is 6.07. The lowest BCUT2D eigenvalue weighted by Crippen LogP contribution is -2.08. The third-order valence-corrected chi connectivity index (χ3v) is 3.35. The van der Waals surface area contributed by atoms with Crippen LogP contribution in [0.5, 0.6) is 5.75 Å². The molecular weight excluding hydrogens is 292 g/mol. The number of aryl methyl sites for hydroxylation is 1. The van der Waals surface area contributed by atoms with E-state index in [2.05, 4.69) is 5.32 Å². The highest BCUT2D eigenvalue weighted by atomic mass is 16.5. The number of furan rings is 1. The molecule has 1 heterocycles. The molecule has 1 aromatic carbocycles. The molecule has 0 spiro atoms. The maximum Gasteiger partial charge on any atom is 0.250 e. The van der Waals surface area contributed by atoms with Crippen LogP contribution in [0.1, 0.15) is 29.4 Å². The molecule has 1 aromatic heterocycles. The molecule has 1 N–H and O–H groups in total.